The summed E-state index contributed by atoms with van der Waals surface area (Å²) in [4.78, 5) is 23.2. The summed E-state index contributed by atoms with van der Waals surface area (Å²) in [5.74, 6) is -0.696. The number of nitrogens with zero attached hydrogens (tertiary/aromatic N) is 4. The van der Waals surface area contributed by atoms with Gasteiger partial charge in [0.15, 0.2) is 0 Å². The van der Waals surface area contributed by atoms with Crippen molar-refractivity contribution in [1.82, 2.24) is 14.9 Å². The first kappa shape index (κ1) is 17.9. The van der Waals surface area contributed by atoms with Gasteiger partial charge < -0.3 is 15.0 Å². The van der Waals surface area contributed by atoms with Crippen molar-refractivity contribution in [3.63, 3.8) is 0 Å². The van der Waals surface area contributed by atoms with Gasteiger partial charge in [-0.05, 0) is 30.3 Å². The molecule has 7 nitrogen and oxygen atoms in total. The molecule has 1 aliphatic rings. The fourth-order valence-corrected chi connectivity index (χ4v) is 3.76. The molecule has 0 spiro atoms. The molecule has 0 radical (unpaired) electrons. The second-order valence-corrected chi connectivity index (χ2v) is 6.68. The van der Waals surface area contributed by atoms with E-state index in [1.165, 1.54) is 12.1 Å². The van der Waals surface area contributed by atoms with E-state index in [2.05, 4.69) is 16.0 Å². The molecular formula is C20H18FN5O2. The number of fused-ring (bicyclic) bond motifs is 1. The number of hydrogen-bond acceptors (Lipinski definition) is 5. The van der Waals surface area contributed by atoms with Gasteiger partial charge in [-0.1, -0.05) is 0 Å². The third-order valence-corrected chi connectivity index (χ3v) is 5.09. The average Bonchev–Trinajstić information content (AvgIpc) is 3.11. The van der Waals surface area contributed by atoms with Crippen LogP contribution < -0.4 is 4.90 Å². The van der Waals surface area contributed by atoms with Crippen molar-refractivity contribution < 1.29 is 14.3 Å². The van der Waals surface area contributed by atoms with E-state index in [1.54, 1.807) is 30.6 Å². The average molecular weight is 379 g/mol. The van der Waals surface area contributed by atoms with Crippen molar-refractivity contribution in [3.8, 4) is 6.07 Å². The van der Waals surface area contributed by atoms with E-state index >= 15 is 0 Å². The predicted octanol–water partition coefficient (Wildman–Crippen LogP) is 2.52. The third kappa shape index (κ3) is 3.17. The summed E-state index contributed by atoms with van der Waals surface area (Å²) in [5, 5.41) is 19.9. The molecular weight excluding hydrogens is 361 g/mol. The van der Waals surface area contributed by atoms with E-state index in [0.717, 1.165) is 0 Å². The highest BCUT2D eigenvalue weighted by atomic mass is 19.1. The molecule has 1 aliphatic heterocycles. The van der Waals surface area contributed by atoms with Crippen LogP contribution in [0.3, 0.4) is 0 Å². The summed E-state index contributed by atoms with van der Waals surface area (Å²) < 4.78 is 13.4. The summed E-state index contributed by atoms with van der Waals surface area (Å²) in [6, 6.07) is 9.06. The van der Waals surface area contributed by atoms with Crippen molar-refractivity contribution in [2.24, 2.45) is 0 Å². The molecule has 1 fully saturated rings. The maximum Gasteiger partial charge on any atom is 0.325 e. The monoisotopic (exact) mass is 379 g/mol. The van der Waals surface area contributed by atoms with E-state index in [-0.39, 0.29) is 5.82 Å². The van der Waals surface area contributed by atoms with Gasteiger partial charge in [0, 0.05) is 55.0 Å². The quantitative estimate of drug-likeness (QED) is 0.723. The van der Waals surface area contributed by atoms with Crippen LogP contribution in [0.1, 0.15) is 17.2 Å². The van der Waals surface area contributed by atoms with E-state index < -0.39 is 12.0 Å². The number of piperazine rings is 1. The lowest BCUT2D eigenvalue weighted by atomic mass is 10.0. The van der Waals surface area contributed by atoms with Gasteiger partial charge in [-0.2, -0.15) is 5.26 Å². The Labute approximate surface area is 160 Å². The molecule has 0 saturated carbocycles. The van der Waals surface area contributed by atoms with E-state index in [9.17, 15) is 19.6 Å². The zero-order valence-corrected chi connectivity index (χ0v) is 15.0. The molecule has 1 saturated heterocycles. The lowest BCUT2D eigenvalue weighted by molar-refractivity contribution is -0.143. The van der Waals surface area contributed by atoms with Crippen LogP contribution in [-0.2, 0) is 4.79 Å². The fourth-order valence-electron chi connectivity index (χ4n) is 3.76. The summed E-state index contributed by atoms with van der Waals surface area (Å²) >= 11 is 0. The molecule has 1 unspecified atom stereocenters. The highest BCUT2D eigenvalue weighted by Crippen LogP contribution is 2.30. The molecule has 4 rings (SSSR count). The van der Waals surface area contributed by atoms with Gasteiger partial charge in [0.25, 0.3) is 0 Å². The van der Waals surface area contributed by atoms with Gasteiger partial charge >= 0.3 is 5.97 Å². The molecule has 0 aliphatic carbocycles. The SMILES string of the molecule is N#Cc1cccnc1N1CCN(C(C(=O)O)c2c[nH]c3cc(F)ccc23)CC1. The second kappa shape index (κ2) is 7.29. The number of H-pyrrole nitrogens is 1. The summed E-state index contributed by atoms with van der Waals surface area (Å²) in [6.45, 7) is 2.14. The summed E-state index contributed by atoms with van der Waals surface area (Å²) in [7, 11) is 0. The van der Waals surface area contributed by atoms with Gasteiger partial charge in [0.1, 0.15) is 23.7 Å². The molecule has 3 aromatic rings. The number of nitriles is 1. The standard InChI is InChI=1S/C20H18FN5O2/c21-14-3-4-15-16(12-24-17(15)10-14)18(20(27)28)25-6-8-26(9-7-25)19-13(11-22)2-1-5-23-19/h1-5,10,12,18,24H,6-9H2,(H,27,28). The summed E-state index contributed by atoms with van der Waals surface area (Å²) in [6.07, 6.45) is 3.29. The van der Waals surface area contributed by atoms with E-state index in [0.29, 0.717) is 54.0 Å². The molecule has 3 heterocycles. The Hall–Kier alpha value is -3.44. The number of nitrogens with one attached hydrogen (secondary N) is 1. The van der Waals surface area contributed by atoms with Gasteiger partial charge in [-0.25, -0.2) is 9.37 Å². The molecule has 142 valence electrons. The van der Waals surface area contributed by atoms with Gasteiger partial charge in [0.2, 0.25) is 0 Å². The number of aromatic amines is 1. The first-order valence-electron chi connectivity index (χ1n) is 8.92. The maximum absolute atomic E-state index is 13.4. The number of aliphatic carboxylic acids is 1. The lowest BCUT2D eigenvalue weighted by Crippen LogP contribution is -2.49. The van der Waals surface area contributed by atoms with Crippen LogP contribution in [0.15, 0.2) is 42.7 Å². The van der Waals surface area contributed by atoms with Crippen LogP contribution in [0.5, 0.6) is 0 Å². The van der Waals surface area contributed by atoms with Crippen molar-refractivity contribution in [2.75, 3.05) is 31.1 Å². The Kier molecular flexibility index (Phi) is 4.67. The zero-order valence-electron chi connectivity index (χ0n) is 15.0. The van der Waals surface area contributed by atoms with Crippen molar-refractivity contribution in [3.05, 3.63) is 59.7 Å². The van der Waals surface area contributed by atoms with Crippen LogP contribution >= 0.6 is 0 Å². The molecule has 1 aromatic carbocycles. The highest BCUT2D eigenvalue weighted by Gasteiger charge is 2.32. The minimum absolute atomic E-state index is 0.370. The zero-order chi connectivity index (χ0) is 19.7. The number of pyridine rings is 1. The van der Waals surface area contributed by atoms with Crippen LogP contribution in [-0.4, -0.2) is 52.1 Å². The van der Waals surface area contributed by atoms with Gasteiger partial charge in [0.05, 0.1) is 5.56 Å². The van der Waals surface area contributed by atoms with Crippen LogP contribution in [0.4, 0.5) is 10.2 Å². The van der Waals surface area contributed by atoms with E-state index in [4.69, 9.17) is 0 Å². The largest absolute Gasteiger partial charge is 0.480 e. The number of carbonyl (C=O) groups is 1. The van der Waals surface area contributed by atoms with Gasteiger partial charge in [-0.15, -0.1) is 0 Å². The Morgan fingerprint density at radius 2 is 2.07 bits per heavy atom. The topological polar surface area (TPSA) is 96.2 Å². The Morgan fingerprint density at radius 1 is 1.29 bits per heavy atom. The molecule has 0 amide bonds. The van der Waals surface area contributed by atoms with Crippen LogP contribution in [0.2, 0.25) is 0 Å². The number of hydrogen-bond donors (Lipinski definition) is 2. The normalized spacial score (nSPS) is 16.1. The maximum atomic E-state index is 13.4. The highest BCUT2D eigenvalue weighted by molar-refractivity contribution is 5.89. The summed E-state index contributed by atoms with van der Waals surface area (Å²) in [5.41, 5.74) is 1.70. The Balaban J connectivity index is 1.57. The van der Waals surface area contributed by atoms with Crippen LogP contribution in [0, 0.1) is 17.1 Å². The fraction of sp³-hybridized carbons (Fsp3) is 0.250. The van der Waals surface area contributed by atoms with Crippen LogP contribution in [0.25, 0.3) is 10.9 Å². The number of carboxylic acids is 1. The first-order valence-corrected chi connectivity index (χ1v) is 8.92. The van der Waals surface area contributed by atoms with Crippen molar-refractivity contribution in [2.45, 2.75) is 6.04 Å². The Bertz CT molecular complexity index is 1070. The molecule has 0 bridgehead atoms. The number of rotatable bonds is 4. The minimum atomic E-state index is -0.950. The number of halogens is 1. The first-order chi connectivity index (χ1) is 13.6. The molecule has 8 heteroatoms. The number of aromatic nitrogens is 2. The van der Waals surface area contributed by atoms with Crippen molar-refractivity contribution in [1.29, 1.82) is 5.26 Å². The predicted molar refractivity (Wildman–Crippen MR) is 101 cm³/mol. The van der Waals surface area contributed by atoms with Gasteiger partial charge in [-0.3, -0.25) is 9.69 Å². The molecule has 2 N–H and O–H groups in total. The molecule has 2 aromatic heterocycles. The smallest absolute Gasteiger partial charge is 0.325 e. The number of benzene rings is 1. The molecule has 28 heavy (non-hydrogen) atoms. The third-order valence-electron chi connectivity index (χ3n) is 5.09. The Morgan fingerprint density at radius 3 is 2.79 bits per heavy atom. The number of anilines is 1. The lowest BCUT2D eigenvalue weighted by Gasteiger charge is -2.38. The second-order valence-electron chi connectivity index (χ2n) is 6.68. The number of carboxylic acid groups (broad SMARTS) is 1. The molecule has 1 atom stereocenters. The van der Waals surface area contributed by atoms with Crippen molar-refractivity contribution >= 4 is 22.7 Å². The minimum Gasteiger partial charge on any atom is -0.480 e. The van der Waals surface area contributed by atoms with E-state index in [1.807, 2.05) is 9.80 Å².